The van der Waals surface area contributed by atoms with E-state index in [0.29, 0.717) is 0 Å². The summed E-state index contributed by atoms with van der Waals surface area (Å²) < 4.78 is 49.8. The van der Waals surface area contributed by atoms with E-state index in [1.807, 2.05) is 0 Å². The van der Waals surface area contributed by atoms with E-state index in [4.69, 9.17) is 5.73 Å². The molecule has 1 unspecified atom stereocenters. The van der Waals surface area contributed by atoms with Crippen LogP contribution in [-0.2, 0) is 0 Å². The van der Waals surface area contributed by atoms with E-state index in [9.17, 15) is 17.6 Å². The molecule has 1 nitrogen and oxygen atoms in total. The van der Waals surface area contributed by atoms with Gasteiger partial charge in [-0.05, 0) is 0 Å². The predicted molar refractivity (Wildman–Crippen MR) is 39.2 cm³/mol. The molecule has 0 aromatic carbocycles. The van der Waals surface area contributed by atoms with E-state index in [1.165, 1.54) is 0 Å². The maximum absolute atomic E-state index is 12.6. The minimum atomic E-state index is -1.87. The molecule has 0 radical (unpaired) electrons. The van der Waals surface area contributed by atoms with Gasteiger partial charge >= 0.3 is 0 Å². The second-order valence-electron chi connectivity index (χ2n) is 2.29. The van der Waals surface area contributed by atoms with Gasteiger partial charge in [0, 0.05) is 0 Å². The first-order chi connectivity index (χ1) is 5.46. The van der Waals surface area contributed by atoms with Crippen molar-refractivity contribution >= 4 is 12.6 Å². The standard InChI is InChI=1S/C6H5F4NS/c7-1-2(8)4(10)6(12)5(11)3(1)9/h5-6,12H,11H2/t5?,6-/m0/s1. The Labute approximate surface area is 71.3 Å². The molecule has 6 heteroatoms. The molecule has 0 spiro atoms. The third-order valence-corrected chi connectivity index (χ3v) is 2.05. The van der Waals surface area contributed by atoms with Crippen molar-refractivity contribution in [3.63, 3.8) is 0 Å². The Morgan fingerprint density at radius 1 is 1.00 bits per heavy atom. The zero-order valence-electron chi connectivity index (χ0n) is 5.69. The van der Waals surface area contributed by atoms with Crippen LogP contribution in [0.15, 0.2) is 23.3 Å². The van der Waals surface area contributed by atoms with Gasteiger partial charge in [-0.2, -0.15) is 12.6 Å². The van der Waals surface area contributed by atoms with Crippen LogP contribution in [0.2, 0.25) is 0 Å². The summed E-state index contributed by atoms with van der Waals surface area (Å²) in [5.74, 6) is -6.70. The summed E-state index contributed by atoms with van der Waals surface area (Å²) in [5, 5.41) is -1.45. The molecule has 1 rings (SSSR count). The molecule has 0 fully saturated rings. The number of hydrogen-bond donors (Lipinski definition) is 2. The highest BCUT2D eigenvalue weighted by atomic mass is 32.1. The minimum absolute atomic E-state index is 1.45. The summed E-state index contributed by atoms with van der Waals surface area (Å²) in [5.41, 5.74) is 4.97. The molecule has 12 heavy (non-hydrogen) atoms. The van der Waals surface area contributed by atoms with Crippen molar-refractivity contribution in [2.24, 2.45) is 5.73 Å². The first-order valence-corrected chi connectivity index (χ1v) is 3.52. The van der Waals surface area contributed by atoms with E-state index in [1.54, 1.807) is 0 Å². The molecule has 68 valence electrons. The Hall–Kier alpha value is -0.490. The number of nitrogens with two attached hydrogens (primary N) is 1. The Kier molecular flexibility index (Phi) is 2.48. The largest absolute Gasteiger partial charge is 0.321 e. The minimum Gasteiger partial charge on any atom is -0.321 e. The van der Waals surface area contributed by atoms with Crippen LogP contribution in [0.4, 0.5) is 17.6 Å². The number of halogens is 4. The average Bonchev–Trinajstić information content (AvgIpc) is 2.08. The molecular formula is C6H5F4NS. The Balaban J connectivity index is 3.18. The highest BCUT2D eigenvalue weighted by Gasteiger charge is 2.35. The quantitative estimate of drug-likeness (QED) is 0.452. The van der Waals surface area contributed by atoms with Gasteiger partial charge in [0.1, 0.15) is 0 Å². The molecule has 0 saturated carbocycles. The molecular weight excluding hydrogens is 194 g/mol. The number of thiol groups is 1. The number of rotatable bonds is 0. The Morgan fingerprint density at radius 2 is 1.42 bits per heavy atom. The molecule has 1 aliphatic carbocycles. The van der Waals surface area contributed by atoms with Gasteiger partial charge in [-0.1, -0.05) is 0 Å². The van der Waals surface area contributed by atoms with Crippen LogP contribution in [0.5, 0.6) is 0 Å². The zero-order valence-corrected chi connectivity index (χ0v) is 6.59. The molecule has 0 aromatic rings. The van der Waals surface area contributed by atoms with Gasteiger partial charge in [-0.15, -0.1) is 0 Å². The van der Waals surface area contributed by atoms with Crippen molar-refractivity contribution in [1.82, 2.24) is 0 Å². The molecule has 0 aromatic heterocycles. The molecule has 2 N–H and O–H groups in total. The summed E-state index contributed by atoms with van der Waals surface area (Å²) in [6.45, 7) is 0. The molecule has 0 bridgehead atoms. The zero-order chi connectivity index (χ0) is 9.46. The summed E-state index contributed by atoms with van der Waals surface area (Å²) in [6, 6.07) is -1.56. The number of hydrogen-bond acceptors (Lipinski definition) is 2. The van der Waals surface area contributed by atoms with E-state index in [2.05, 4.69) is 12.6 Å². The van der Waals surface area contributed by atoms with E-state index < -0.39 is 34.6 Å². The van der Waals surface area contributed by atoms with Crippen molar-refractivity contribution in [1.29, 1.82) is 0 Å². The molecule has 1 aliphatic rings. The first kappa shape index (κ1) is 9.60. The van der Waals surface area contributed by atoms with Gasteiger partial charge in [0.05, 0.1) is 11.3 Å². The molecule has 0 amide bonds. The average molecular weight is 199 g/mol. The smallest absolute Gasteiger partial charge is 0.194 e. The van der Waals surface area contributed by atoms with Crippen LogP contribution in [0.25, 0.3) is 0 Å². The van der Waals surface area contributed by atoms with Crippen LogP contribution >= 0.6 is 12.6 Å². The van der Waals surface area contributed by atoms with Crippen molar-refractivity contribution in [2.45, 2.75) is 11.3 Å². The van der Waals surface area contributed by atoms with E-state index in [0.717, 1.165) is 0 Å². The Bertz CT molecular complexity index is 245. The highest BCUT2D eigenvalue weighted by Crippen LogP contribution is 2.35. The molecule has 0 heterocycles. The van der Waals surface area contributed by atoms with Crippen LogP contribution < -0.4 is 5.73 Å². The van der Waals surface area contributed by atoms with Crippen molar-refractivity contribution in [3.05, 3.63) is 23.3 Å². The lowest BCUT2D eigenvalue weighted by molar-refractivity contribution is 0.395. The fraction of sp³-hybridized carbons (Fsp3) is 0.333. The van der Waals surface area contributed by atoms with E-state index in [-0.39, 0.29) is 0 Å². The predicted octanol–water partition coefficient (Wildman–Crippen LogP) is 1.93. The molecule has 0 aliphatic heterocycles. The topological polar surface area (TPSA) is 26.0 Å². The van der Waals surface area contributed by atoms with Gasteiger partial charge in [-0.25, -0.2) is 17.6 Å². The lowest BCUT2D eigenvalue weighted by Gasteiger charge is -2.20. The monoisotopic (exact) mass is 199 g/mol. The second-order valence-corrected chi connectivity index (χ2v) is 2.85. The molecule has 2 atom stereocenters. The summed E-state index contributed by atoms with van der Waals surface area (Å²) in [6.07, 6.45) is 0. The lowest BCUT2D eigenvalue weighted by Crippen LogP contribution is -2.35. The fourth-order valence-electron chi connectivity index (χ4n) is 0.782. The van der Waals surface area contributed by atoms with Crippen LogP contribution in [0.3, 0.4) is 0 Å². The first-order valence-electron chi connectivity index (χ1n) is 3.01. The maximum Gasteiger partial charge on any atom is 0.194 e. The summed E-state index contributed by atoms with van der Waals surface area (Å²) >= 11 is 3.47. The normalized spacial score (nSPS) is 31.5. The van der Waals surface area contributed by atoms with Gasteiger partial charge in [-0.3, -0.25) is 0 Å². The maximum atomic E-state index is 12.6. The Morgan fingerprint density at radius 3 is 1.92 bits per heavy atom. The third kappa shape index (κ3) is 1.25. The van der Waals surface area contributed by atoms with E-state index >= 15 is 0 Å². The second kappa shape index (κ2) is 3.10. The molecule has 0 saturated heterocycles. The highest BCUT2D eigenvalue weighted by molar-refractivity contribution is 7.81. The van der Waals surface area contributed by atoms with Crippen molar-refractivity contribution in [2.75, 3.05) is 0 Å². The van der Waals surface area contributed by atoms with Crippen LogP contribution in [0, 0.1) is 0 Å². The van der Waals surface area contributed by atoms with Crippen LogP contribution in [0.1, 0.15) is 0 Å². The van der Waals surface area contributed by atoms with Gasteiger partial charge in [0.25, 0.3) is 0 Å². The van der Waals surface area contributed by atoms with Gasteiger partial charge in [0.15, 0.2) is 23.3 Å². The van der Waals surface area contributed by atoms with Crippen LogP contribution in [-0.4, -0.2) is 11.3 Å². The summed E-state index contributed by atoms with van der Waals surface area (Å²) in [4.78, 5) is 0. The summed E-state index contributed by atoms with van der Waals surface area (Å²) in [7, 11) is 0. The fourth-order valence-corrected chi connectivity index (χ4v) is 1.03. The lowest BCUT2D eigenvalue weighted by atomic mass is 10.1. The van der Waals surface area contributed by atoms with Crippen molar-refractivity contribution < 1.29 is 17.6 Å². The van der Waals surface area contributed by atoms with Crippen molar-refractivity contribution in [3.8, 4) is 0 Å². The SMILES string of the molecule is NC1C(F)=C(F)C(F)=C(F)[C@@H]1S. The van der Waals surface area contributed by atoms with Gasteiger partial charge in [0.2, 0.25) is 0 Å². The van der Waals surface area contributed by atoms with Gasteiger partial charge < -0.3 is 5.73 Å². The third-order valence-electron chi connectivity index (χ3n) is 1.50. The number of allylic oxidation sites excluding steroid dienone is 2.